The normalized spacial score (nSPS) is 10.6. The quantitative estimate of drug-likeness (QED) is 0.551. The van der Waals surface area contributed by atoms with Crippen LogP contribution in [0.5, 0.6) is 0 Å². The Balaban J connectivity index is 1.78. The average molecular weight is 369 g/mol. The van der Waals surface area contributed by atoms with Crippen molar-refractivity contribution in [3.8, 4) is 0 Å². The lowest BCUT2D eigenvalue weighted by atomic mass is 10.1. The van der Waals surface area contributed by atoms with Crippen molar-refractivity contribution >= 4 is 28.5 Å². The van der Waals surface area contributed by atoms with E-state index in [1.54, 1.807) is 18.2 Å². The van der Waals surface area contributed by atoms with E-state index in [0.717, 1.165) is 0 Å². The second kappa shape index (κ2) is 7.82. The number of carbonyl (C=O) groups excluding carboxylic acids is 2. The minimum atomic E-state index is -0.614. The zero-order chi connectivity index (χ0) is 19.4. The van der Waals surface area contributed by atoms with Crippen molar-refractivity contribution in [1.82, 2.24) is 0 Å². The van der Waals surface area contributed by atoms with Crippen LogP contribution in [-0.2, 0) is 27.4 Å². The molecule has 3 aromatic rings. The minimum absolute atomic E-state index is 0.158. The second-order valence-electron chi connectivity index (χ2n) is 5.91. The van der Waals surface area contributed by atoms with Crippen molar-refractivity contribution in [3.63, 3.8) is 0 Å². The third-order valence-electron chi connectivity index (χ3n) is 3.83. The standard InChI is InChI=1S/C20H16FNO5/c1-12(23)22-15-6-7-16-14(9-20(25)27-18(16)10-15)11-26-19(24)8-13-4-2-3-5-17(13)21/h2-7,9-10H,8,11H2,1H3,(H,22,23). The summed E-state index contributed by atoms with van der Waals surface area (Å²) >= 11 is 0. The predicted octanol–water partition coefficient (Wildman–Crippen LogP) is 3.18. The van der Waals surface area contributed by atoms with E-state index in [1.165, 1.54) is 37.3 Å². The fourth-order valence-electron chi connectivity index (χ4n) is 2.64. The molecule has 0 bridgehead atoms. The van der Waals surface area contributed by atoms with Crippen LogP contribution in [0.2, 0.25) is 0 Å². The Labute approximate surface area is 153 Å². The van der Waals surface area contributed by atoms with Crippen molar-refractivity contribution < 1.29 is 23.1 Å². The van der Waals surface area contributed by atoms with E-state index >= 15 is 0 Å². The van der Waals surface area contributed by atoms with Gasteiger partial charge in [-0.2, -0.15) is 0 Å². The van der Waals surface area contributed by atoms with Gasteiger partial charge in [0.25, 0.3) is 0 Å². The van der Waals surface area contributed by atoms with Gasteiger partial charge in [-0.1, -0.05) is 18.2 Å². The molecule has 138 valence electrons. The zero-order valence-corrected chi connectivity index (χ0v) is 14.5. The molecular formula is C20H16FNO5. The maximum atomic E-state index is 13.6. The van der Waals surface area contributed by atoms with E-state index in [2.05, 4.69) is 5.32 Å². The van der Waals surface area contributed by atoms with Gasteiger partial charge in [0, 0.05) is 35.7 Å². The van der Waals surface area contributed by atoms with Crippen LogP contribution in [0.4, 0.5) is 10.1 Å². The highest BCUT2D eigenvalue weighted by atomic mass is 19.1. The number of anilines is 1. The van der Waals surface area contributed by atoms with Gasteiger partial charge in [-0.25, -0.2) is 9.18 Å². The maximum absolute atomic E-state index is 13.6. The number of benzene rings is 2. The first kappa shape index (κ1) is 18.3. The molecule has 0 saturated heterocycles. The summed E-state index contributed by atoms with van der Waals surface area (Å²) in [6.07, 6.45) is -0.210. The summed E-state index contributed by atoms with van der Waals surface area (Å²) in [5.74, 6) is -1.35. The Bertz CT molecular complexity index is 1070. The topological polar surface area (TPSA) is 85.6 Å². The van der Waals surface area contributed by atoms with Crippen LogP contribution in [0.3, 0.4) is 0 Å². The molecule has 6 nitrogen and oxygen atoms in total. The Hall–Kier alpha value is -3.48. The monoisotopic (exact) mass is 369 g/mol. The minimum Gasteiger partial charge on any atom is -0.461 e. The summed E-state index contributed by atoms with van der Waals surface area (Å²) in [6, 6.07) is 12.0. The largest absolute Gasteiger partial charge is 0.461 e. The molecule has 1 N–H and O–H groups in total. The number of amides is 1. The molecule has 7 heteroatoms. The molecule has 0 fully saturated rings. The van der Waals surface area contributed by atoms with Crippen molar-refractivity contribution in [2.24, 2.45) is 0 Å². The Morgan fingerprint density at radius 2 is 1.89 bits per heavy atom. The fourth-order valence-corrected chi connectivity index (χ4v) is 2.64. The summed E-state index contributed by atoms with van der Waals surface area (Å²) in [4.78, 5) is 34.9. The van der Waals surface area contributed by atoms with Crippen LogP contribution < -0.4 is 10.9 Å². The van der Waals surface area contributed by atoms with Gasteiger partial charge < -0.3 is 14.5 Å². The Kier molecular flexibility index (Phi) is 5.30. The first-order valence-electron chi connectivity index (χ1n) is 8.16. The smallest absolute Gasteiger partial charge is 0.336 e. The lowest BCUT2D eigenvalue weighted by molar-refractivity contribution is -0.144. The molecule has 2 aromatic carbocycles. The number of carbonyl (C=O) groups is 2. The number of esters is 1. The number of fused-ring (bicyclic) bond motifs is 1. The van der Waals surface area contributed by atoms with E-state index in [0.29, 0.717) is 16.6 Å². The molecule has 0 unspecified atom stereocenters. The van der Waals surface area contributed by atoms with E-state index in [9.17, 15) is 18.8 Å². The maximum Gasteiger partial charge on any atom is 0.336 e. The number of rotatable bonds is 5. The van der Waals surface area contributed by atoms with E-state index in [1.807, 2.05) is 0 Å². The SMILES string of the molecule is CC(=O)Nc1ccc2c(COC(=O)Cc3ccccc3F)cc(=O)oc2c1. The summed E-state index contributed by atoms with van der Waals surface area (Å²) < 4.78 is 23.9. The molecule has 0 saturated carbocycles. The molecule has 3 rings (SSSR count). The molecular weight excluding hydrogens is 353 g/mol. The van der Waals surface area contributed by atoms with Gasteiger partial charge >= 0.3 is 11.6 Å². The molecule has 0 aliphatic rings. The molecule has 27 heavy (non-hydrogen) atoms. The van der Waals surface area contributed by atoms with Crippen molar-refractivity contribution in [2.75, 3.05) is 5.32 Å². The number of nitrogens with one attached hydrogen (secondary N) is 1. The van der Waals surface area contributed by atoms with E-state index in [4.69, 9.17) is 9.15 Å². The lowest BCUT2D eigenvalue weighted by Crippen LogP contribution is -2.11. The molecule has 0 aliphatic heterocycles. The lowest BCUT2D eigenvalue weighted by Gasteiger charge is -2.09. The van der Waals surface area contributed by atoms with Crippen molar-refractivity contribution in [1.29, 1.82) is 0 Å². The molecule has 1 aromatic heterocycles. The van der Waals surface area contributed by atoms with Gasteiger partial charge in [-0.05, 0) is 23.8 Å². The highest BCUT2D eigenvalue weighted by molar-refractivity contribution is 5.92. The van der Waals surface area contributed by atoms with E-state index < -0.39 is 17.4 Å². The summed E-state index contributed by atoms with van der Waals surface area (Å²) in [7, 11) is 0. The summed E-state index contributed by atoms with van der Waals surface area (Å²) in [6.45, 7) is 1.21. The number of hydrogen-bond donors (Lipinski definition) is 1. The van der Waals surface area contributed by atoms with Gasteiger partial charge in [0.05, 0.1) is 6.42 Å². The number of ether oxygens (including phenoxy) is 1. The van der Waals surface area contributed by atoms with Crippen LogP contribution in [0.25, 0.3) is 11.0 Å². The second-order valence-corrected chi connectivity index (χ2v) is 5.91. The van der Waals surface area contributed by atoms with Crippen LogP contribution in [0.15, 0.2) is 57.7 Å². The zero-order valence-electron chi connectivity index (χ0n) is 14.5. The Morgan fingerprint density at radius 3 is 2.63 bits per heavy atom. The van der Waals surface area contributed by atoms with Crippen molar-refractivity contribution in [2.45, 2.75) is 20.0 Å². The van der Waals surface area contributed by atoms with Crippen LogP contribution in [0.1, 0.15) is 18.1 Å². The van der Waals surface area contributed by atoms with Gasteiger partial charge in [-0.3, -0.25) is 9.59 Å². The molecule has 1 heterocycles. The molecule has 0 atom stereocenters. The summed E-state index contributed by atoms with van der Waals surface area (Å²) in [5.41, 5.74) is 0.820. The highest BCUT2D eigenvalue weighted by Gasteiger charge is 2.12. The van der Waals surface area contributed by atoms with Crippen LogP contribution in [-0.4, -0.2) is 11.9 Å². The van der Waals surface area contributed by atoms with Gasteiger partial charge in [0.15, 0.2) is 0 Å². The number of halogens is 1. The van der Waals surface area contributed by atoms with Crippen LogP contribution in [0, 0.1) is 5.82 Å². The van der Waals surface area contributed by atoms with Crippen LogP contribution >= 0.6 is 0 Å². The van der Waals surface area contributed by atoms with E-state index in [-0.39, 0.29) is 30.1 Å². The highest BCUT2D eigenvalue weighted by Crippen LogP contribution is 2.22. The summed E-state index contributed by atoms with van der Waals surface area (Å²) in [5, 5.41) is 3.17. The third kappa shape index (κ3) is 4.58. The van der Waals surface area contributed by atoms with Gasteiger partial charge in [0.1, 0.15) is 18.0 Å². The third-order valence-corrected chi connectivity index (χ3v) is 3.83. The molecule has 0 aliphatic carbocycles. The molecule has 0 spiro atoms. The Morgan fingerprint density at radius 1 is 1.11 bits per heavy atom. The first-order chi connectivity index (χ1) is 12.9. The predicted molar refractivity (Wildman–Crippen MR) is 96.7 cm³/mol. The number of hydrogen-bond acceptors (Lipinski definition) is 5. The molecule has 0 radical (unpaired) electrons. The first-order valence-corrected chi connectivity index (χ1v) is 8.16. The molecule has 1 amide bonds. The van der Waals surface area contributed by atoms with Gasteiger partial charge in [0.2, 0.25) is 5.91 Å². The van der Waals surface area contributed by atoms with Gasteiger partial charge in [-0.15, -0.1) is 0 Å². The average Bonchev–Trinajstić information content (AvgIpc) is 2.60. The fraction of sp³-hybridized carbons (Fsp3) is 0.150. The van der Waals surface area contributed by atoms with Crippen molar-refractivity contribution in [3.05, 3.63) is 75.9 Å².